The minimum absolute atomic E-state index is 0.214. The summed E-state index contributed by atoms with van der Waals surface area (Å²) in [5.74, 6) is -3.52. The number of carbonyl (C=O) groups excluding carboxylic acids is 3. The number of nitrogens with two attached hydrogens (primary N) is 1. The van der Waals surface area contributed by atoms with Gasteiger partial charge in [0.25, 0.3) is 5.91 Å². The van der Waals surface area contributed by atoms with Crippen molar-refractivity contribution in [2.75, 3.05) is 12.4 Å². The van der Waals surface area contributed by atoms with Gasteiger partial charge in [0, 0.05) is 18.2 Å². The zero-order chi connectivity index (χ0) is 21.3. The molecule has 2 aliphatic rings. The van der Waals surface area contributed by atoms with Crippen molar-refractivity contribution in [1.82, 2.24) is 10.2 Å². The quantitative estimate of drug-likeness (QED) is 0.433. The maximum Gasteiger partial charge on any atom is 0.352 e. The monoisotopic (exact) mass is 423 g/mol. The molecule has 2 amide bonds. The summed E-state index contributed by atoms with van der Waals surface area (Å²) >= 11 is 1.23. The lowest BCUT2D eigenvalue weighted by molar-refractivity contribution is -0.151. The molecule has 0 radical (unpaired) electrons. The smallest absolute Gasteiger partial charge is 0.352 e. The Morgan fingerprint density at radius 2 is 2.17 bits per heavy atom. The Morgan fingerprint density at radius 3 is 2.79 bits per heavy atom. The summed E-state index contributed by atoms with van der Waals surface area (Å²) in [6, 6.07) is 3.10. The molecule has 2 heterocycles. The fourth-order valence-corrected chi connectivity index (χ4v) is 4.40. The van der Waals surface area contributed by atoms with Crippen LogP contribution in [0.25, 0.3) is 0 Å². The van der Waals surface area contributed by atoms with Gasteiger partial charge in [-0.2, -0.15) is 0 Å². The highest BCUT2D eigenvalue weighted by molar-refractivity contribution is 8.00. The molecule has 0 saturated carbocycles. The molecule has 1 unspecified atom stereocenters. The Kier molecular flexibility index (Phi) is 5.89. The van der Waals surface area contributed by atoms with Crippen molar-refractivity contribution in [3.63, 3.8) is 0 Å². The lowest BCUT2D eigenvalue weighted by Crippen LogP contribution is -2.71. The molecule has 2 aliphatic heterocycles. The number of hydrogen-bond donors (Lipinski definition) is 3. The maximum atomic E-state index is 13.3. The Labute approximate surface area is 169 Å². The number of hydrogen-bond acceptors (Lipinski definition) is 7. The van der Waals surface area contributed by atoms with E-state index in [1.807, 2.05) is 0 Å². The van der Waals surface area contributed by atoms with Crippen LogP contribution in [-0.4, -0.2) is 57.5 Å². The second-order valence-corrected chi connectivity index (χ2v) is 7.57. The largest absolute Gasteiger partial charge is 0.477 e. The van der Waals surface area contributed by atoms with Crippen molar-refractivity contribution in [1.29, 1.82) is 0 Å². The maximum absolute atomic E-state index is 13.3. The molecule has 3 atom stereocenters. The normalized spacial score (nSPS) is 21.8. The van der Waals surface area contributed by atoms with Crippen LogP contribution in [0, 0.1) is 5.82 Å². The summed E-state index contributed by atoms with van der Waals surface area (Å²) in [5.41, 5.74) is 6.14. The highest BCUT2D eigenvalue weighted by Crippen LogP contribution is 2.40. The standard InChI is InChI=1S/C18H18FN3O6S/c1-8(23)28-6-10-7-29-17-13(16(25)22(17)14(10)18(26)27)21-15(24)12(20)9-3-2-4-11(19)5-9/h2-5,12-13,17H,6-7,20H2,1H3,(H,21,24)(H,26,27)/t12?,13-,17-/m1/s1. The number of nitrogens with zero attached hydrogens (tertiary/aromatic N) is 1. The lowest BCUT2D eigenvalue weighted by atomic mass is 10.0. The lowest BCUT2D eigenvalue weighted by Gasteiger charge is -2.49. The van der Waals surface area contributed by atoms with Crippen LogP contribution < -0.4 is 11.1 Å². The summed E-state index contributed by atoms with van der Waals surface area (Å²) < 4.78 is 18.2. The second-order valence-electron chi connectivity index (χ2n) is 6.47. The predicted octanol–water partition coefficient (Wildman–Crippen LogP) is 0.127. The molecule has 29 heavy (non-hydrogen) atoms. The van der Waals surface area contributed by atoms with Crippen LogP contribution >= 0.6 is 11.8 Å². The van der Waals surface area contributed by atoms with Gasteiger partial charge in [-0.25, -0.2) is 9.18 Å². The summed E-state index contributed by atoms with van der Waals surface area (Å²) in [5, 5.41) is 11.4. The highest BCUT2D eigenvalue weighted by Gasteiger charge is 2.54. The van der Waals surface area contributed by atoms with E-state index in [0.29, 0.717) is 5.57 Å². The van der Waals surface area contributed by atoms with Gasteiger partial charge in [-0.05, 0) is 17.7 Å². The van der Waals surface area contributed by atoms with Gasteiger partial charge in [-0.3, -0.25) is 19.3 Å². The summed E-state index contributed by atoms with van der Waals surface area (Å²) in [6.45, 7) is 0.962. The molecular formula is C18H18FN3O6S. The summed E-state index contributed by atoms with van der Waals surface area (Å²) in [6.07, 6.45) is 0. The van der Waals surface area contributed by atoms with E-state index in [4.69, 9.17) is 10.5 Å². The van der Waals surface area contributed by atoms with Gasteiger partial charge < -0.3 is 20.9 Å². The molecule has 154 valence electrons. The average molecular weight is 423 g/mol. The SMILES string of the molecule is CC(=O)OCC1=C(C(=O)O)N2C(=O)[C@@H](NC(=O)C(N)c3cccc(F)c3)[C@H]2SC1. The summed E-state index contributed by atoms with van der Waals surface area (Å²) in [4.78, 5) is 48.7. The number of rotatable bonds is 6. The average Bonchev–Trinajstić information content (AvgIpc) is 2.68. The van der Waals surface area contributed by atoms with Crippen molar-refractivity contribution < 1.29 is 33.4 Å². The number of carboxylic acids is 1. The first kappa shape index (κ1) is 20.8. The molecule has 1 saturated heterocycles. The fourth-order valence-electron chi connectivity index (χ4n) is 3.08. The van der Waals surface area contributed by atoms with Crippen LogP contribution in [0.15, 0.2) is 35.5 Å². The molecule has 3 rings (SSSR count). The first-order valence-electron chi connectivity index (χ1n) is 8.55. The van der Waals surface area contributed by atoms with E-state index in [2.05, 4.69) is 5.32 Å². The second kappa shape index (κ2) is 8.21. The number of benzene rings is 1. The van der Waals surface area contributed by atoms with E-state index in [1.165, 1.54) is 36.9 Å². The molecule has 11 heteroatoms. The number of halogens is 1. The van der Waals surface area contributed by atoms with E-state index in [-0.39, 0.29) is 23.6 Å². The predicted molar refractivity (Wildman–Crippen MR) is 99.6 cm³/mol. The van der Waals surface area contributed by atoms with Gasteiger partial charge in [-0.1, -0.05) is 12.1 Å². The van der Waals surface area contributed by atoms with E-state index in [1.54, 1.807) is 0 Å². The number of ether oxygens (including phenoxy) is 1. The molecule has 1 aromatic carbocycles. The highest BCUT2D eigenvalue weighted by atomic mass is 32.2. The van der Waals surface area contributed by atoms with Crippen molar-refractivity contribution in [3.8, 4) is 0 Å². The Hall–Kier alpha value is -2.92. The van der Waals surface area contributed by atoms with Gasteiger partial charge in [0.1, 0.15) is 35.6 Å². The fraction of sp³-hybridized carbons (Fsp3) is 0.333. The van der Waals surface area contributed by atoms with Gasteiger partial charge in [0.15, 0.2) is 0 Å². The van der Waals surface area contributed by atoms with E-state index in [0.717, 1.165) is 11.0 Å². The molecule has 0 aromatic heterocycles. The van der Waals surface area contributed by atoms with Gasteiger partial charge >= 0.3 is 11.9 Å². The minimum atomic E-state index is -1.33. The number of esters is 1. The Bertz CT molecular complexity index is 921. The number of carboxylic acid groups (broad SMARTS) is 1. The molecule has 4 N–H and O–H groups in total. The number of β-lactam (4-membered cyclic amide) rings is 1. The van der Waals surface area contributed by atoms with Crippen molar-refractivity contribution in [2.24, 2.45) is 5.73 Å². The zero-order valence-corrected chi connectivity index (χ0v) is 16.1. The molecule has 1 fully saturated rings. The number of thioether (sulfide) groups is 1. The first-order valence-corrected chi connectivity index (χ1v) is 9.60. The van der Waals surface area contributed by atoms with Crippen LogP contribution in [-0.2, 0) is 23.9 Å². The third-order valence-corrected chi connectivity index (χ3v) is 5.83. The van der Waals surface area contributed by atoms with Crippen molar-refractivity contribution >= 4 is 35.5 Å². The Morgan fingerprint density at radius 1 is 1.45 bits per heavy atom. The third-order valence-electron chi connectivity index (χ3n) is 4.49. The zero-order valence-electron chi connectivity index (χ0n) is 15.3. The van der Waals surface area contributed by atoms with Crippen LogP contribution in [0.2, 0.25) is 0 Å². The van der Waals surface area contributed by atoms with E-state index < -0.39 is 47.0 Å². The Balaban J connectivity index is 1.72. The van der Waals surface area contributed by atoms with Crippen molar-refractivity contribution in [3.05, 3.63) is 46.9 Å². The van der Waals surface area contributed by atoms with Crippen molar-refractivity contribution in [2.45, 2.75) is 24.4 Å². The molecule has 9 nitrogen and oxygen atoms in total. The molecule has 0 spiro atoms. The number of fused-ring (bicyclic) bond motifs is 1. The van der Waals surface area contributed by atoms with E-state index >= 15 is 0 Å². The minimum Gasteiger partial charge on any atom is -0.477 e. The molecule has 0 aliphatic carbocycles. The third kappa shape index (κ3) is 4.10. The summed E-state index contributed by atoms with van der Waals surface area (Å²) in [7, 11) is 0. The molecule has 1 aromatic rings. The van der Waals surface area contributed by atoms with Gasteiger partial charge in [0.05, 0.1) is 0 Å². The first-order chi connectivity index (χ1) is 13.7. The topological polar surface area (TPSA) is 139 Å². The van der Waals surface area contributed by atoms with Crippen LogP contribution in [0.4, 0.5) is 4.39 Å². The number of aliphatic carboxylic acids is 1. The number of nitrogens with one attached hydrogen (secondary N) is 1. The molecular weight excluding hydrogens is 405 g/mol. The van der Waals surface area contributed by atoms with Crippen LogP contribution in [0.5, 0.6) is 0 Å². The molecule has 0 bridgehead atoms. The van der Waals surface area contributed by atoms with E-state index in [9.17, 15) is 28.7 Å². The number of carbonyl (C=O) groups is 4. The number of amides is 2. The van der Waals surface area contributed by atoms with Crippen LogP contribution in [0.1, 0.15) is 18.5 Å². The van der Waals surface area contributed by atoms with Crippen LogP contribution in [0.3, 0.4) is 0 Å². The van der Waals surface area contributed by atoms with Gasteiger partial charge in [-0.15, -0.1) is 11.8 Å². The van der Waals surface area contributed by atoms with Gasteiger partial charge in [0.2, 0.25) is 5.91 Å².